The lowest BCUT2D eigenvalue weighted by molar-refractivity contribution is 0.0600. The van der Waals surface area contributed by atoms with Gasteiger partial charge in [-0.15, -0.1) is 11.6 Å². The van der Waals surface area contributed by atoms with Crippen molar-refractivity contribution in [2.75, 3.05) is 7.11 Å². The molecule has 3 nitrogen and oxygen atoms in total. The van der Waals surface area contributed by atoms with E-state index in [2.05, 4.69) is 10.8 Å². The van der Waals surface area contributed by atoms with E-state index in [4.69, 9.17) is 16.9 Å². The fourth-order valence-electron chi connectivity index (χ4n) is 1.42. The van der Waals surface area contributed by atoms with Gasteiger partial charge in [0.2, 0.25) is 0 Å². The summed E-state index contributed by atoms with van der Waals surface area (Å²) in [6.07, 6.45) is 1.13. The second-order valence-electron chi connectivity index (χ2n) is 3.27. The van der Waals surface area contributed by atoms with Crippen LogP contribution in [0.25, 0.3) is 0 Å². The van der Waals surface area contributed by atoms with Crippen LogP contribution in [0.3, 0.4) is 0 Å². The van der Waals surface area contributed by atoms with Crippen molar-refractivity contribution in [3.05, 3.63) is 34.9 Å². The van der Waals surface area contributed by atoms with E-state index >= 15 is 0 Å². The van der Waals surface area contributed by atoms with Gasteiger partial charge in [0.1, 0.15) is 0 Å². The number of nitrogens with zero attached hydrogens (tertiary/aromatic N) is 1. The van der Waals surface area contributed by atoms with Crippen molar-refractivity contribution in [2.45, 2.75) is 18.7 Å². The molecule has 1 aromatic rings. The average Bonchev–Trinajstić information content (AvgIpc) is 2.34. The van der Waals surface area contributed by atoms with Gasteiger partial charge in [-0.1, -0.05) is 12.1 Å². The molecule has 0 spiro atoms. The first-order chi connectivity index (χ1) is 7.72. The predicted molar refractivity (Wildman–Crippen MR) is 61.3 cm³/mol. The molecule has 4 heteroatoms. The zero-order valence-corrected chi connectivity index (χ0v) is 9.75. The van der Waals surface area contributed by atoms with Crippen LogP contribution < -0.4 is 0 Å². The summed E-state index contributed by atoms with van der Waals surface area (Å²) in [5.74, 6) is -0.132. The molecule has 16 heavy (non-hydrogen) atoms. The maximum atomic E-state index is 11.4. The van der Waals surface area contributed by atoms with Crippen molar-refractivity contribution >= 4 is 17.6 Å². The first kappa shape index (κ1) is 12.5. The average molecular weight is 238 g/mol. The molecule has 0 heterocycles. The van der Waals surface area contributed by atoms with E-state index in [1.807, 2.05) is 12.1 Å². The lowest BCUT2D eigenvalue weighted by Crippen LogP contribution is -2.05. The van der Waals surface area contributed by atoms with Crippen LogP contribution in [0.1, 0.15) is 27.9 Å². The molecule has 0 radical (unpaired) electrons. The number of carbonyl (C=O) groups excluding carboxylic acids is 1. The minimum atomic E-state index is -0.387. The fourth-order valence-corrected chi connectivity index (χ4v) is 1.64. The number of methoxy groups -OCH3 is 1. The van der Waals surface area contributed by atoms with Crippen LogP contribution in [0, 0.1) is 11.3 Å². The molecule has 0 bridgehead atoms. The summed E-state index contributed by atoms with van der Waals surface area (Å²) < 4.78 is 4.65. The number of aryl methyl sites for hydroxylation is 1. The lowest BCUT2D eigenvalue weighted by atomic mass is 10.0. The van der Waals surface area contributed by atoms with Gasteiger partial charge in [-0.05, 0) is 23.6 Å². The van der Waals surface area contributed by atoms with Gasteiger partial charge in [0.15, 0.2) is 0 Å². The molecule has 0 aliphatic rings. The highest BCUT2D eigenvalue weighted by Crippen LogP contribution is 2.16. The number of halogens is 1. The molecule has 0 amide bonds. The minimum Gasteiger partial charge on any atom is -0.465 e. The summed E-state index contributed by atoms with van der Waals surface area (Å²) in [7, 11) is 1.34. The number of carbonyl (C=O) groups is 1. The normalized spacial score (nSPS) is 9.56. The summed E-state index contributed by atoms with van der Waals surface area (Å²) in [5, 5.41) is 8.48. The molecule has 0 aromatic heterocycles. The Kier molecular flexibility index (Phi) is 4.81. The maximum Gasteiger partial charge on any atom is 0.338 e. The number of rotatable bonds is 4. The van der Waals surface area contributed by atoms with E-state index in [9.17, 15) is 4.79 Å². The fraction of sp³-hybridized carbons (Fsp3) is 0.333. The van der Waals surface area contributed by atoms with E-state index in [0.29, 0.717) is 18.4 Å². The number of alkyl halides is 1. The van der Waals surface area contributed by atoms with Crippen molar-refractivity contribution in [1.82, 2.24) is 0 Å². The van der Waals surface area contributed by atoms with Gasteiger partial charge in [0, 0.05) is 12.3 Å². The number of hydrogen-bond acceptors (Lipinski definition) is 3. The summed E-state index contributed by atoms with van der Waals surface area (Å²) >= 11 is 5.77. The highest BCUT2D eigenvalue weighted by molar-refractivity contribution is 6.17. The zero-order valence-electron chi connectivity index (χ0n) is 9.00. The molecular weight excluding hydrogens is 226 g/mol. The molecule has 0 fully saturated rings. The third-order valence-electron chi connectivity index (χ3n) is 2.24. The van der Waals surface area contributed by atoms with E-state index in [0.717, 1.165) is 11.1 Å². The highest BCUT2D eigenvalue weighted by Gasteiger charge is 2.11. The number of esters is 1. The zero-order chi connectivity index (χ0) is 12.0. The van der Waals surface area contributed by atoms with E-state index in [1.54, 1.807) is 6.07 Å². The van der Waals surface area contributed by atoms with Gasteiger partial charge in [-0.25, -0.2) is 4.79 Å². The number of nitriles is 1. The Morgan fingerprint density at radius 3 is 2.88 bits per heavy atom. The third-order valence-corrected chi connectivity index (χ3v) is 2.53. The smallest absolute Gasteiger partial charge is 0.338 e. The Labute approximate surface area is 99.6 Å². The van der Waals surface area contributed by atoms with Gasteiger partial charge in [0.05, 0.1) is 18.7 Å². The van der Waals surface area contributed by atoms with Gasteiger partial charge in [-0.2, -0.15) is 5.26 Å². The Balaban J connectivity index is 2.98. The van der Waals surface area contributed by atoms with Crippen LogP contribution in [0.4, 0.5) is 0 Å². The molecule has 84 valence electrons. The predicted octanol–water partition coefficient (Wildman–Crippen LogP) is 2.67. The minimum absolute atomic E-state index is 0.255. The SMILES string of the molecule is COC(=O)c1ccc(CCC#N)cc1CCl. The van der Waals surface area contributed by atoms with Gasteiger partial charge in [0.25, 0.3) is 0 Å². The second kappa shape index (κ2) is 6.14. The van der Waals surface area contributed by atoms with Crippen LogP contribution in [0.5, 0.6) is 0 Å². The topological polar surface area (TPSA) is 50.1 Å². The summed E-state index contributed by atoms with van der Waals surface area (Å²) in [6, 6.07) is 7.43. The Morgan fingerprint density at radius 1 is 1.56 bits per heavy atom. The molecule has 0 atom stereocenters. The molecule has 0 saturated heterocycles. The first-order valence-corrected chi connectivity index (χ1v) is 5.39. The standard InChI is InChI=1S/C12H12ClNO2/c1-16-12(15)11-5-4-9(3-2-6-14)7-10(11)8-13/h4-5,7H,2-3,8H2,1H3. The molecule has 1 rings (SSSR count). The molecule has 0 aliphatic carbocycles. The number of hydrogen-bond donors (Lipinski definition) is 0. The van der Waals surface area contributed by atoms with Crippen molar-refractivity contribution in [3.63, 3.8) is 0 Å². The number of ether oxygens (including phenoxy) is 1. The van der Waals surface area contributed by atoms with Crippen LogP contribution in [0.15, 0.2) is 18.2 Å². The highest BCUT2D eigenvalue weighted by atomic mass is 35.5. The Bertz CT molecular complexity index is 424. The van der Waals surface area contributed by atoms with Crippen molar-refractivity contribution in [1.29, 1.82) is 5.26 Å². The van der Waals surface area contributed by atoms with Crippen molar-refractivity contribution < 1.29 is 9.53 Å². The van der Waals surface area contributed by atoms with Crippen LogP contribution in [-0.4, -0.2) is 13.1 Å². The number of benzene rings is 1. The molecule has 0 N–H and O–H groups in total. The second-order valence-corrected chi connectivity index (χ2v) is 3.54. The van der Waals surface area contributed by atoms with E-state index in [1.165, 1.54) is 7.11 Å². The lowest BCUT2D eigenvalue weighted by Gasteiger charge is -2.07. The summed E-state index contributed by atoms with van der Waals surface area (Å²) in [4.78, 5) is 11.4. The summed E-state index contributed by atoms with van der Waals surface area (Å²) in [5.41, 5.74) is 2.23. The Morgan fingerprint density at radius 2 is 2.31 bits per heavy atom. The Hall–Kier alpha value is -1.53. The maximum absolute atomic E-state index is 11.4. The quantitative estimate of drug-likeness (QED) is 0.598. The van der Waals surface area contributed by atoms with Crippen molar-refractivity contribution in [2.24, 2.45) is 0 Å². The molecule has 0 saturated carbocycles. The molecule has 1 aromatic carbocycles. The van der Waals surface area contributed by atoms with E-state index < -0.39 is 0 Å². The molecule has 0 unspecified atom stereocenters. The van der Waals surface area contributed by atoms with Gasteiger partial charge < -0.3 is 4.74 Å². The van der Waals surface area contributed by atoms with Crippen LogP contribution in [-0.2, 0) is 17.0 Å². The monoisotopic (exact) mass is 237 g/mol. The van der Waals surface area contributed by atoms with Crippen LogP contribution in [0.2, 0.25) is 0 Å². The van der Waals surface area contributed by atoms with Gasteiger partial charge >= 0.3 is 5.97 Å². The molecular formula is C12H12ClNO2. The summed E-state index contributed by atoms with van der Waals surface area (Å²) in [6.45, 7) is 0. The van der Waals surface area contributed by atoms with Crippen LogP contribution >= 0.6 is 11.6 Å². The van der Waals surface area contributed by atoms with Crippen molar-refractivity contribution in [3.8, 4) is 6.07 Å². The largest absolute Gasteiger partial charge is 0.465 e. The van der Waals surface area contributed by atoms with Gasteiger partial charge in [-0.3, -0.25) is 0 Å². The van der Waals surface area contributed by atoms with E-state index in [-0.39, 0.29) is 11.8 Å². The first-order valence-electron chi connectivity index (χ1n) is 4.86. The molecule has 0 aliphatic heterocycles. The third kappa shape index (κ3) is 2.98.